The third-order valence-corrected chi connectivity index (χ3v) is 5.10. The van der Waals surface area contributed by atoms with Crippen LogP contribution in [0.1, 0.15) is 111 Å². The van der Waals surface area contributed by atoms with Gasteiger partial charge in [0.05, 0.1) is 0 Å². The van der Waals surface area contributed by atoms with E-state index in [4.69, 9.17) is 5.11 Å². The number of carboxylic acid groups (broad SMARTS) is 1. The van der Waals surface area contributed by atoms with Crippen molar-refractivity contribution in [2.45, 2.75) is 117 Å². The zero-order valence-corrected chi connectivity index (χ0v) is 19.1. The van der Waals surface area contributed by atoms with Crippen LogP contribution in [0, 0.1) is 5.92 Å². The number of carbonyl (C=O) groups is 2. The molecule has 0 aliphatic rings. The Kier molecular flexibility index (Phi) is 18.6. The summed E-state index contributed by atoms with van der Waals surface area (Å²) < 4.78 is 0. The molecule has 0 unspecified atom stereocenters. The molecule has 4 nitrogen and oxygen atoms in total. The molecule has 0 aliphatic heterocycles. The highest BCUT2D eigenvalue weighted by Gasteiger charge is 2.22. The van der Waals surface area contributed by atoms with Crippen LogP contribution < -0.4 is 5.32 Å². The first-order valence-electron chi connectivity index (χ1n) is 11.8. The van der Waals surface area contributed by atoms with Crippen molar-refractivity contribution < 1.29 is 14.7 Å². The molecule has 0 saturated carbocycles. The third-order valence-electron chi connectivity index (χ3n) is 5.10. The number of allylic oxidation sites excluding steroid dienone is 4. The van der Waals surface area contributed by atoms with Crippen molar-refractivity contribution in [1.29, 1.82) is 0 Å². The lowest BCUT2D eigenvalue weighted by Gasteiger charge is -2.17. The van der Waals surface area contributed by atoms with Gasteiger partial charge in [-0.3, -0.25) is 4.79 Å². The van der Waals surface area contributed by atoms with Crippen molar-refractivity contribution in [3.05, 3.63) is 24.3 Å². The Morgan fingerprint density at radius 1 is 0.793 bits per heavy atom. The molecule has 0 radical (unpaired) electrons. The van der Waals surface area contributed by atoms with E-state index in [1.807, 2.05) is 13.8 Å². The molecular formula is C25H45NO3. The van der Waals surface area contributed by atoms with Gasteiger partial charge in [0.15, 0.2) is 0 Å². The summed E-state index contributed by atoms with van der Waals surface area (Å²) >= 11 is 0. The van der Waals surface area contributed by atoms with Crippen molar-refractivity contribution >= 4 is 11.9 Å². The summed E-state index contributed by atoms with van der Waals surface area (Å²) in [5.74, 6) is -1.20. The predicted octanol–water partition coefficient (Wildman–Crippen LogP) is 6.81. The lowest BCUT2D eigenvalue weighted by molar-refractivity contribution is -0.143. The smallest absolute Gasteiger partial charge is 0.326 e. The van der Waals surface area contributed by atoms with Gasteiger partial charge >= 0.3 is 5.97 Å². The fraction of sp³-hybridized carbons (Fsp3) is 0.760. The van der Waals surface area contributed by atoms with Gasteiger partial charge in [0.25, 0.3) is 0 Å². The maximum Gasteiger partial charge on any atom is 0.326 e. The highest BCUT2D eigenvalue weighted by molar-refractivity contribution is 5.83. The summed E-state index contributed by atoms with van der Waals surface area (Å²) in [7, 11) is 0. The lowest BCUT2D eigenvalue weighted by atomic mass is 10.0. The molecule has 0 aromatic rings. The van der Waals surface area contributed by atoms with E-state index in [0.717, 1.165) is 25.7 Å². The largest absolute Gasteiger partial charge is 0.480 e. The molecule has 1 atom stereocenters. The molecule has 0 aliphatic carbocycles. The molecule has 0 spiro atoms. The van der Waals surface area contributed by atoms with Gasteiger partial charge in [0, 0.05) is 6.42 Å². The molecule has 0 aromatic heterocycles. The minimum atomic E-state index is -0.956. The standard InChI is InChI=1S/C25H45NO3/c1-4-5-6-7-8-9-10-11-12-13-14-15-16-17-18-19-20-21-23(27)26-24(22(2)3)25(28)29/h8-9,11-12,22,24H,4-7,10,13-21H2,1-3H3,(H,26,27)(H,28,29)/b9-8-,12-11-/t24-/m0/s1. The molecule has 0 saturated heterocycles. The van der Waals surface area contributed by atoms with E-state index < -0.39 is 12.0 Å². The van der Waals surface area contributed by atoms with Crippen molar-refractivity contribution in [3.63, 3.8) is 0 Å². The number of rotatable bonds is 19. The number of amides is 1. The Morgan fingerprint density at radius 3 is 1.83 bits per heavy atom. The van der Waals surface area contributed by atoms with Gasteiger partial charge < -0.3 is 10.4 Å². The molecule has 29 heavy (non-hydrogen) atoms. The van der Waals surface area contributed by atoms with E-state index in [0.29, 0.717) is 6.42 Å². The highest BCUT2D eigenvalue weighted by Crippen LogP contribution is 2.11. The predicted molar refractivity (Wildman–Crippen MR) is 123 cm³/mol. The average molecular weight is 408 g/mol. The average Bonchev–Trinajstić information content (AvgIpc) is 2.68. The van der Waals surface area contributed by atoms with E-state index in [1.54, 1.807) is 0 Å². The number of hydrogen-bond acceptors (Lipinski definition) is 2. The molecule has 168 valence electrons. The molecule has 2 N–H and O–H groups in total. The van der Waals surface area contributed by atoms with Crippen molar-refractivity contribution in [1.82, 2.24) is 5.32 Å². The van der Waals surface area contributed by atoms with Crippen LogP contribution in [0.3, 0.4) is 0 Å². The normalized spacial score (nSPS) is 12.8. The molecule has 0 bridgehead atoms. The maximum atomic E-state index is 11.8. The molecule has 4 heteroatoms. The first kappa shape index (κ1) is 27.4. The minimum Gasteiger partial charge on any atom is -0.480 e. The van der Waals surface area contributed by atoms with Crippen molar-refractivity contribution in [2.24, 2.45) is 5.92 Å². The summed E-state index contributed by atoms with van der Waals surface area (Å²) in [5.41, 5.74) is 0. The molecule has 0 aromatic carbocycles. The van der Waals surface area contributed by atoms with Gasteiger partial charge in [-0.05, 0) is 44.4 Å². The Balaban J connectivity index is 3.46. The van der Waals surface area contributed by atoms with Crippen LogP contribution >= 0.6 is 0 Å². The van der Waals surface area contributed by atoms with E-state index >= 15 is 0 Å². The number of carboxylic acids is 1. The molecule has 0 rings (SSSR count). The number of aliphatic carboxylic acids is 1. The van der Waals surface area contributed by atoms with Gasteiger partial charge in [0.2, 0.25) is 5.91 Å². The topological polar surface area (TPSA) is 66.4 Å². The Bertz CT molecular complexity index is 469. The van der Waals surface area contributed by atoms with Crippen molar-refractivity contribution in [3.8, 4) is 0 Å². The number of hydrogen-bond donors (Lipinski definition) is 2. The highest BCUT2D eigenvalue weighted by atomic mass is 16.4. The quantitative estimate of drug-likeness (QED) is 0.183. The van der Waals surface area contributed by atoms with Gasteiger partial charge in [-0.25, -0.2) is 4.79 Å². The van der Waals surface area contributed by atoms with Crippen LogP contribution in [0.2, 0.25) is 0 Å². The summed E-state index contributed by atoms with van der Waals surface area (Å²) in [5, 5.41) is 11.7. The minimum absolute atomic E-state index is 0.0988. The van der Waals surface area contributed by atoms with Crippen LogP contribution in [0.5, 0.6) is 0 Å². The maximum absolute atomic E-state index is 11.8. The van der Waals surface area contributed by atoms with Crippen molar-refractivity contribution in [2.75, 3.05) is 0 Å². The third kappa shape index (κ3) is 18.2. The molecule has 0 heterocycles. The number of nitrogens with one attached hydrogen (secondary N) is 1. The fourth-order valence-corrected chi connectivity index (χ4v) is 3.21. The monoisotopic (exact) mass is 407 g/mol. The van der Waals surface area contributed by atoms with Crippen LogP contribution in [-0.2, 0) is 9.59 Å². The van der Waals surface area contributed by atoms with Gasteiger partial charge in [-0.2, -0.15) is 0 Å². The Morgan fingerprint density at radius 2 is 1.31 bits per heavy atom. The zero-order chi connectivity index (χ0) is 21.7. The van der Waals surface area contributed by atoms with Gasteiger partial charge in [-0.1, -0.05) is 90.0 Å². The van der Waals surface area contributed by atoms with E-state index in [9.17, 15) is 9.59 Å². The lowest BCUT2D eigenvalue weighted by Crippen LogP contribution is -2.44. The first-order chi connectivity index (χ1) is 14.0. The Hall–Kier alpha value is -1.58. The Labute approximate surface area is 179 Å². The SMILES string of the molecule is CCCCC/C=C\C/C=C\CCCCCCCCCC(=O)N[C@H](C(=O)O)C(C)C. The second-order valence-corrected chi connectivity index (χ2v) is 8.32. The van der Waals surface area contributed by atoms with Crippen LogP contribution in [0.25, 0.3) is 0 Å². The van der Waals surface area contributed by atoms with Gasteiger partial charge in [0.1, 0.15) is 6.04 Å². The second kappa shape index (κ2) is 19.7. The molecule has 0 fully saturated rings. The first-order valence-corrected chi connectivity index (χ1v) is 11.8. The van der Waals surface area contributed by atoms with Crippen LogP contribution in [0.15, 0.2) is 24.3 Å². The van der Waals surface area contributed by atoms with E-state index in [1.165, 1.54) is 57.8 Å². The number of carbonyl (C=O) groups excluding carboxylic acids is 1. The molecular weight excluding hydrogens is 362 g/mol. The zero-order valence-electron chi connectivity index (χ0n) is 19.1. The van der Waals surface area contributed by atoms with E-state index in [2.05, 4.69) is 36.5 Å². The summed E-state index contributed by atoms with van der Waals surface area (Å²) in [4.78, 5) is 22.9. The summed E-state index contributed by atoms with van der Waals surface area (Å²) in [6.07, 6.45) is 25.0. The fourth-order valence-electron chi connectivity index (χ4n) is 3.21. The van der Waals surface area contributed by atoms with Gasteiger partial charge in [-0.15, -0.1) is 0 Å². The number of unbranched alkanes of at least 4 members (excludes halogenated alkanes) is 10. The summed E-state index contributed by atoms with van der Waals surface area (Å²) in [6, 6.07) is -0.779. The second-order valence-electron chi connectivity index (χ2n) is 8.32. The molecule has 1 amide bonds. The van der Waals surface area contributed by atoms with Crippen LogP contribution in [0.4, 0.5) is 0 Å². The van der Waals surface area contributed by atoms with E-state index in [-0.39, 0.29) is 11.8 Å². The van der Waals surface area contributed by atoms with Crippen LogP contribution in [-0.4, -0.2) is 23.0 Å². The summed E-state index contributed by atoms with van der Waals surface area (Å²) in [6.45, 7) is 5.85.